The quantitative estimate of drug-likeness (QED) is 0.0704. The van der Waals surface area contributed by atoms with Crippen LogP contribution in [0.1, 0.15) is 230 Å². The van der Waals surface area contributed by atoms with Gasteiger partial charge in [-0.3, -0.25) is 0 Å². The lowest BCUT2D eigenvalue weighted by molar-refractivity contribution is -0.0493. The molecule has 10 heteroatoms. The molecule has 2 unspecified atom stereocenters. The Kier molecular flexibility index (Phi) is 45.0. The fourth-order valence-corrected chi connectivity index (χ4v) is 3.69. The van der Waals surface area contributed by atoms with Gasteiger partial charge in [-0.15, -0.1) is 0 Å². The predicted octanol–water partition coefficient (Wildman–Crippen LogP) is 11.1. The van der Waals surface area contributed by atoms with Gasteiger partial charge in [0.15, 0.2) is 0 Å². The average Bonchev–Trinajstić information content (AvgIpc) is 3.11. The second-order valence-electron chi connectivity index (χ2n) is 22.7. The maximum Gasteiger partial charge on any atom is 0.0771 e. The number of aliphatic hydroxyl groups is 7. The van der Waals surface area contributed by atoms with Gasteiger partial charge >= 0.3 is 0 Å². The van der Waals surface area contributed by atoms with Crippen molar-refractivity contribution in [1.29, 1.82) is 0 Å². The van der Waals surface area contributed by atoms with E-state index in [2.05, 4.69) is 62.3 Å². The molecule has 0 saturated heterocycles. The highest BCUT2D eigenvalue weighted by Crippen LogP contribution is 2.23. The van der Waals surface area contributed by atoms with Crippen LogP contribution in [-0.2, 0) is 14.2 Å². The van der Waals surface area contributed by atoms with E-state index in [4.69, 9.17) is 39.7 Å². The van der Waals surface area contributed by atoms with Crippen LogP contribution in [0.3, 0.4) is 0 Å². The molecule has 0 aliphatic heterocycles. The summed E-state index contributed by atoms with van der Waals surface area (Å²) in [7, 11) is 0. The SMILES string of the molecule is CC(C)(C)CC[C@H](O)CO.CCC(O)CCC(C)(C)C.CCC(O)COC(C)(C)C.CC[C@@H](O)COC(C)(C)C.CC[C@H](O)CCC(C)(C)C.CC[C@H](O)COC(C)(C)C. The van der Waals surface area contributed by atoms with Crippen LogP contribution in [0, 0.1) is 16.2 Å². The van der Waals surface area contributed by atoms with E-state index in [1.807, 2.05) is 96.9 Å². The van der Waals surface area contributed by atoms with E-state index in [0.717, 1.165) is 64.2 Å². The lowest BCUT2D eigenvalue weighted by Gasteiger charge is -2.21. The summed E-state index contributed by atoms with van der Waals surface area (Å²) in [5.74, 6) is 0. The Bertz CT molecular complexity index is 684. The summed E-state index contributed by atoms with van der Waals surface area (Å²) >= 11 is 0. The minimum absolute atomic E-state index is 0.0841. The molecule has 372 valence electrons. The van der Waals surface area contributed by atoms with Crippen molar-refractivity contribution in [2.75, 3.05) is 26.4 Å². The minimum Gasteiger partial charge on any atom is -0.394 e. The molecule has 0 aliphatic carbocycles. The highest BCUT2D eigenvalue weighted by Gasteiger charge is 2.16. The van der Waals surface area contributed by atoms with Crippen molar-refractivity contribution in [2.24, 2.45) is 16.2 Å². The van der Waals surface area contributed by atoms with Crippen LogP contribution < -0.4 is 0 Å². The molecule has 0 aromatic carbocycles. The van der Waals surface area contributed by atoms with Crippen LogP contribution in [0.15, 0.2) is 0 Å². The Labute approximate surface area is 375 Å². The van der Waals surface area contributed by atoms with Gasteiger partial charge in [-0.2, -0.15) is 0 Å². The number of hydrogen-bond acceptors (Lipinski definition) is 10. The smallest absolute Gasteiger partial charge is 0.0771 e. The molecule has 0 heterocycles. The van der Waals surface area contributed by atoms with Gasteiger partial charge in [0.1, 0.15) is 0 Å². The third-order valence-electron chi connectivity index (χ3n) is 8.38. The maximum absolute atomic E-state index is 9.22. The van der Waals surface area contributed by atoms with Crippen molar-refractivity contribution >= 4 is 0 Å². The Morgan fingerprint density at radius 2 is 0.500 bits per heavy atom. The molecule has 0 rings (SSSR count). The second kappa shape index (κ2) is 37.9. The van der Waals surface area contributed by atoms with Crippen LogP contribution in [0.4, 0.5) is 0 Å². The van der Waals surface area contributed by atoms with Gasteiger partial charge in [0, 0.05) is 0 Å². The monoisotopic (exact) mass is 873 g/mol. The van der Waals surface area contributed by atoms with Gasteiger partial charge in [0.2, 0.25) is 0 Å². The molecular weight excluding hydrogens is 761 g/mol. The van der Waals surface area contributed by atoms with Crippen LogP contribution in [0.25, 0.3) is 0 Å². The first kappa shape index (κ1) is 71.2. The summed E-state index contributed by atoms with van der Waals surface area (Å²) in [5.41, 5.74) is 0.616. The van der Waals surface area contributed by atoms with Gasteiger partial charge in [0.25, 0.3) is 0 Å². The zero-order valence-corrected chi connectivity index (χ0v) is 44.4. The zero-order chi connectivity index (χ0) is 49.2. The van der Waals surface area contributed by atoms with Crippen molar-refractivity contribution < 1.29 is 50.0 Å². The lowest BCUT2D eigenvalue weighted by Crippen LogP contribution is -2.25. The van der Waals surface area contributed by atoms with Gasteiger partial charge in [-0.05, 0) is 149 Å². The predicted molar refractivity (Wildman–Crippen MR) is 258 cm³/mol. The molecule has 60 heavy (non-hydrogen) atoms. The van der Waals surface area contributed by atoms with Crippen LogP contribution in [0.5, 0.6) is 0 Å². The van der Waals surface area contributed by atoms with Crippen LogP contribution in [-0.4, -0.2) is 116 Å². The molecule has 0 amide bonds. The van der Waals surface area contributed by atoms with E-state index in [-0.39, 0.29) is 59.3 Å². The topological polar surface area (TPSA) is 169 Å². The number of rotatable bonds is 18. The Hall–Kier alpha value is -0.400. The Morgan fingerprint density at radius 1 is 0.317 bits per heavy atom. The van der Waals surface area contributed by atoms with Crippen molar-refractivity contribution in [3.8, 4) is 0 Å². The van der Waals surface area contributed by atoms with E-state index in [1.165, 1.54) is 0 Å². The number of aliphatic hydroxyl groups excluding tert-OH is 7. The Morgan fingerprint density at radius 3 is 0.633 bits per heavy atom. The molecule has 7 N–H and O–H groups in total. The summed E-state index contributed by atoms with van der Waals surface area (Å²) in [6.07, 6.45) is 8.20. The van der Waals surface area contributed by atoms with Crippen molar-refractivity contribution in [1.82, 2.24) is 0 Å². The molecule has 0 spiro atoms. The van der Waals surface area contributed by atoms with E-state index < -0.39 is 6.10 Å². The fourth-order valence-electron chi connectivity index (χ4n) is 3.69. The third kappa shape index (κ3) is 81.4. The molecule has 0 bridgehead atoms. The van der Waals surface area contributed by atoms with E-state index in [0.29, 0.717) is 37.1 Å². The molecule has 0 aromatic rings. The molecule has 0 fully saturated rings. The molecule has 10 nitrogen and oxygen atoms in total. The average molecular weight is 873 g/mol. The molecule has 0 aromatic heterocycles. The summed E-state index contributed by atoms with van der Waals surface area (Å²) in [4.78, 5) is 0. The van der Waals surface area contributed by atoms with Crippen LogP contribution in [0.2, 0.25) is 0 Å². The lowest BCUT2D eigenvalue weighted by atomic mass is 9.89. The van der Waals surface area contributed by atoms with Crippen molar-refractivity contribution in [2.45, 2.75) is 283 Å². The van der Waals surface area contributed by atoms with E-state index in [9.17, 15) is 10.2 Å². The standard InChI is InChI=1S/2C9H20O.4C8H18O2/c2*1-5-8(10)6-7-9(2,3)4;1-8(2,3)5-4-7(10)6-9;3*1-5-7(9)6-10-8(2,3)4/h2*8,10H,5-7H2,1-4H3;7,9-10H,4-6H2,1-3H3;3*7,9H,5-6H2,1-4H3/t8-;;3*7-;/m0.010./s1. The zero-order valence-electron chi connectivity index (χ0n) is 44.4. The fraction of sp³-hybridized carbons (Fsp3) is 1.00. The van der Waals surface area contributed by atoms with E-state index in [1.54, 1.807) is 0 Å². The first-order valence-corrected chi connectivity index (χ1v) is 23.3. The second-order valence-corrected chi connectivity index (χ2v) is 22.7. The molecule has 6 atom stereocenters. The largest absolute Gasteiger partial charge is 0.394 e. The molecule has 0 radical (unpaired) electrons. The molecule has 0 aliphatic rings. The molecule has 0 saturated carbocycles. The van der Waals surface area contributed by atoms with E-state index >= 15 is 0 Å². The summed E-state index contributed by atoms with van der Waals surface area (Å²) < 4.78 is 16.0. The van der Waals surface area contributed by atoms with Gasteiger partial charge in [0.05, 0.1) is 79.9 Å². The highest BCUT2D eigenvalue weighted by molar-refractivity contribution is 4.67. The summed E-state index contributed by atoms with van der Waals surface area (Å²) in [6, 6.07) is 0. The summed E-state index contributed by atoms with van der Waals surface area (Å²) in [6.45, 7) is 48.5. The number of hydrogen-bond donors (Lipinski definition) is 7. The first-order chi connectivity index (χ1) is 26.7. The van der Waals surface area contributed by atoms with Crippen molar-refractivity contribution in [3.05, 3.63) is 0 Å². The Balaban J connectivity index is -0.000000146. The van der Waals surface area contributed by atoms with Gasteiger partial charge in [-0.1, -0.05) is 96.9 Å². The number of ether oxygens (including phenoxy) is 3. The van der Waals surface area contributed by atoms with Gasteiger partial charge in [-0.25, -0.2) is 0 Å². The maximum atomic E-state index is 9.22. The first-order valence-electron chi connectivity index (χ1n) is 23.3. The highest BCUT2D eigenvalue weighted by atomic mass is 16.5. The third-order valence-corrected chi connectivity index (χ3v) is 8.38. The molecular formula is C50H112O10. The normalized spacial score (nSPS) is 15.3. The van der Waals surface area contributed by atoms with Gasteiger partial charge < -0.3 is 50.0 Å². The van der Waals surface area contributed by atoms with Crippen LogP contribution >= 0.6 is 0 Å². The minimum atomic E-state index is -0.528. The van der Waals surface area contributed by atoms with Crippen molar-refractivity contribution in [3.63, 3.8) is 0 Å². The summed E-state index contributed by atoms with van der Waals surface area (Å²) in [5, 5.41) is 63.2.